The first kappa shape index (κ1) is 16.9. The summed E-state index contributed by atoms with van der Waals surface area (Å²) in [7, 11) is 0. The molecule has 124 valence electrons. The van der Waals surface area contributed by atoms with Crippen LogP contribution < -0.4 is 15.4 Å². The Morgan fingerprint density at radius 1 is 1.30 bits per heavy atom. The summed E-state index contributed by atoms with van der Waals surface area (Å²) in [6.45, 7) is 2.05. The zero-order valence-corrected chi connectivity index (χ0v) is 12.3. The number of rotatable bonds is 6. The summed E-state index contributed by atoms with van der Waals surface area (Å²) in [5.41, 5.74) is 0.392. The lowest BCUT2D eigenvalue weighted by molar-refractivity contribution is -0.684. The van der Waals surface area contributed by atoms with Crippen molar-refractivity contribution in [1.82, 2.24) is 0 Å². The van der Waals surface area contributed by atoms with E-state index in [0.717, 1.165) is 17.9 Å². The first-order valence-electron chi connectivity index (χ1n) is 6.86. The summed E-state index contributed by atoms with van der Waals surface area (Å²) < 4.78 is 45.1. The molecule has 23 heavy (non-hydrogen) atoms. The van der Waals surface area contributed by atoms with E-state index >= 15 is 0 Å². The lowest BCUT2D eigenvalue weighted by Crippen LogP contribution is -2.86. The number of amides is 1. The smallest absolute Gasteiger partial charge is 0.463 e. The molecule has 0 aliphatic heterocycles. The minimum atomic E-state index is -4.73. The zero-order chi connectivity index (χ0) is 16.9. The van der Waals surface area contributed by atoms with E-state index in [0.29, 0.717) is 5.69 Å². The minimum Gasteiger partial charge on any atom is -0.463 e. The normalized spacial score (nSPS) is 12.7. The Bertz CT molecular complexity index is 624. The van der Waals surface area contributed by atoms with Gasteiger partial charge < -0.3 is 19.8 Å². The van der Waals surface area contributed by atoms with Crippen LogP contribution in [-0.4, -0.2) is 18.8 Å². The number of quaternary nitrogens is 1. The number of furan rings is 1. The molecule has 0 aliphatic carbocycles. The van der Waals surface area contributed by atoms with Crippen LogP contribution in [0.3, 0.4) is 0 Å². The summed E-state index contributed by atoms with van der Waals surface area (Å²) in [6.07, 6.45) is -3.17. The molecule has 1 atom stereocenters. The molecule has 0 spiro atoms. The lowest BCUT2D eigenvalue weighted by Gasteiger charge is -2.10. The highest BCUT2D eigenvalue weighted by atomic mass is 19.4. The molecule has 0 radical (unpaired) electrons. The standard InChI is InChI=1S/C15H15F3N2O3/c1-10(13-3-2-8-22-13)19-9-14(21)20-11-4-6-12(7-5-11)23-15(16,17)18/h2-8,10,19H,9H2,1H3,(H,20,21)/p+1/t10-/m0/s1. The van der Waals surface area contributed by atoms with Crippen LogP contribution >= 0.6 is 0 Å². The van der Waals surface area contributed by atoms with Gasteiger partial charge in [-0.3, -0.25) is 4.79 Å². The van der Waals surface area contributed by atoms with Gasteiger partial charge in [-0.2, -0.15) is 0 Å². The molecule has 0 fully saturated rings. The average molecular weight is 329 g/mol. The third kappa shape index (κ3) is 5.67. The van der Waals surface area contributed by atoms with E-state index in [2.05, 4.69) is 10.1 Å². The van der Waals surface area contributed by atoms with E-state index in [9.17, 15) is 18.0 Å². The predicted octanol–water partition coefficient (Wildman–Crippen LogP) is 2.44. The number of carbonyl (C=O) groups excluding carboxylic acids is 1. The van der Waals surface area contributed by atoms with Crippen LogP contribution in [0.15, 0.2) is 47.1 Å². The van der Waals surface area contributed by atoms with Gasteiger partial charge in [-0.25, -0.2) is 0 Å². The third-order valence-electron chi connectivity index (χ3n) is 3.02. The van der Waals surface area contributed by atoms with E-state index in [-0.39, 0.29) is 24.2 Å². The molecule has 8 heteroatoms. The molecular formula is C15H16F3N2O3+. The average Bonchev–Trinajstić information content (AvgIpc) is 2.99. The zero-order valence-electron chi connectivity index (χ0n) is 12.3. The predicted molar refractivity (Wildman–Crippen MR) is 75.7 cm³/mol. The summed E-state index contributed by atoms with van der Waals surface area (Å²) in [6, 6.07) is 8.53. The molecular weight excluding hydrogens is 313 g/mol. The van der Waals surface area contributed by atoms with Crippen molar-refractivity contribution in [2.45, 2.75) is 19.3 Å². The molecule has 1 aromatic carbocycles. The molecule has 3 N–H and O–H groups in total. The summed E-state index contributed by atoms with van der Waals surface area (Å²) >= 11 is 0. The molecule has 0 bridgehead atoms. The number of hydrogen-bond acceptors (Lipinski definition) is 3. The highest BCUT2D eigenvalue weighted by Gasteiger charge is 2.30. The molecule has 0 aliphatic rings. The number of alkyl halides is 3. The Labute approximate surface area is 130 Å². The third-order valence-corrected chi connectivity index (χ3v) is 3.02. The molecule has 1 aromatic heterocycles. The number of hydrogen-bond donors (Lipinski definition) is 2. The van der Waals surface area contributed by atoms with Gasteiger partial charge in [-0.15, -0.1) is 13.2 Å². The van der Waals surface area contributed by atoms with Crippen molar-refractivity contribution >= 4 is 11.6 Å². The van der Waals surface area contributed by atoms with Crippen molar-refractivity contribution in [3.63, 3.8) is 0 Å². The van der Waals surface area contributed by atoms with Gasteiger partial charge in [-0.05, 0) is 43.3 Å². The van der Waals surface area contributed by atoms with Crippen LogP contribution in [-0.2, 0) is 4.79 Å². The lowest BCUT2D eigenvalue weighted by atomic mass is 10.2. The van der Waals surface area contributed by atoms with Gasteiger partial charge in [0, 0.05) is 5.69 Å². The molecule has 1 amide bonds. The first-order chi connectivity index (χ1) is 10.8. The van der Waals surface area contributed by atoms with E-state index in [1.807, 2.05) is 13.0 Å². The fraction of sp³-hybridized carbons (Fsp3) is 0.267. The van der Waals surface area contributed by atoms with Crippen molar-refractivity contribution < 1.29 is 32.4 Å². The van der Waals surface area contributed by atoms with Crippen LogP contribution in [0.25, 0.3) is 0 Å². The van der Waals surface area contributed by atoms with Crippen LogP contribution in [0, 0.1) is 0 Å². The van der Waals surface area contributed by atoms with Gasteiger partial charge in [0.15, 0.2) is 12.3 Å². The van der Waals surface area contributed by atoms with Gasteiger partial charge in [0.25, 0.3) is 5.91 Å². The second-order valence-electron chi connectivity index (χ2n) is 4.86. The second-order valence-corrected chi connectivity index (χ2v) is 4.86. The fourth-order valence-corrected chi connectivity index (χ4v) is 1.90. The van der Waals surface area contributed by atoms with Crippen LogP contribution in [0.5, 0.6) is 5.75 Å². The van der Waals surface area contributed by atoms with E-state index in [1.54, 1.807) is 17.6 Å². The van der Waals surface area contributed by atoms with E-state index in [1.165, 1.54) is 12.1 Å². The molecule has 0 saturated carbocycles. The Morgan fingerprint density at radius 2 is 2.00 bits per heavy atom. The molecule has 0 unspecified atom stereocenters. The maximum Gasteiger partial charge on any atom is 0.573 e. The SMILES string of the molecule is C[C@H]([NH2+]CC(=O)Nc1ccc(OC(F)(F)F)cc1)c1ccco1. The maximum atomic E-state index is 12.0. The first-order valence-corrected chi connectivity index (χ1v) is 6.86. The van der Waals surface area contributed by atoms with Crippen LogP contribution in [0.1, 0.15) is 18.7 Å². The molecule has 5 nitrogen and oxygen atoms in total. The monoisotopic (exact) mass is 329 g/mol. The number of anilines is 1. The number of carbonyl (C=O) groups is 1. The van der Waals surface area contributed by atoms with Crippen molar-refractivity contribution in [3.05, 3.63) is 48.4 Å². The largest absolute Gasteiger partial charge is 0.573 e. The Kier molecular flexibility index (Phi) is 5.28. The number of benzene rings is 1. The van der Waals surface area contributed by atoms with Gasteiger partial charge in [-0.1, -0.05) is 0 Å². The van der Waals surface area contributed by atoms with Crippen molar-refractivity contribution in [3.8, 4) is 5.75 Å². The Morgan fingerprint density at radius 3 is 2.57 bits per heavy atom. The number of nitrogens with one attached hydrogen (secondary N) is 1. The van der Waals surface area contributed by atoms with Gasteiger partial charge >= 0.3 is 6.36 Å². The number of ether oxygens (including phenoxy) is 1. The molecule has 1 heterocycles. The second kappa shape index (κ2) is 7.19. The fourth-order valence-electron chi connectivity index (χ4n) is 1.90. The van der Waals surface area contributed by atoms with Gasteiger partial charge in [0.1, 0.15) is 11.8 Å². The van der Waals surface area contributed by atoms with Crippen molar-refractivity contribution in [2.75, 3.05) is 11.9 Å². The maximum absolute atomic E-state index is 12.0. The van der Waals surface area contributed by atoms with E-state index < -0.39 is 6.36 Å². The Balaban J connectivity index is 1.81. The summed E-state index contributed by atoms with van der Waals surface area (Å²) in [4.78, 5) is 11.8. The highest BCUT2D eigenvalue weighted by Crippen LogP contribution is 2.23. The summed E-state index contributed by atoms with van der Waals surface area (Å²) in [5.74, 6) is 0.146. The number of nitrogens with two attached hydrogens (primary N) is 1. The minimum absolute atomic E-state index is 0.0155. The Hall–Kier alpha value is -2.48. The topological polar surface area (TPSA) is 68.1 Å². The molecule has 0 saturated heterocycles. The van der Waals surface area contributed by atoms with Crippen LogP contribution in [0.2, 0.25) is 0 Å². The van der Waals surface area contributed by atoms with Crippen molar-refractivity contribution in [2.24, 2.45) is 0 Å². The molecule has 2 rings (SSSR count). The van der Waals surface area contributed by atoms with Gasteiger partial charge in [0.05, 0.1) is 6.26 Å². The highest BCUT2D eigenvalue weighted by molar-refractivity contribution is 5.91. The summed E-state index contributed by atoms with van der Waals surface area (Å²) in [5, 5.41) is 4.38. The van der Waals surface area contributed by atoms with E-state index in [4.69, 9.17) is 4.42 Å². The molecule has 2 aromatic rings. The van der Waals surface area contributed by atoms with Gasteiger partial charge in [0.2, 0.25) is 0 Å². The number of halogens is 3. The quantitative estimate of drug-likeness (QED) is 0.855. The van der Waals surface area contributed by atoms with Crippen molar-refractivity contribution in [1.29, 1.82) is 0 Å². The van der Waals surface area contributed by atoms with Crippen LogP contribution in [0.4, 0.5) is 18.9 Å².